The smallest absolute Gasteiger partial charge is 0.0593 e. The average molecular weight is 300 g/mol. The monoisotopic (exact) mass is 300 g/mol. The molecular weight excluding hydrogens is 264 g/mol. The second-order valence-corrected chi connectivity index (χ2v) is 5.90. The molecule has 2 atom stereocenters. The van der Waals surface area contributed by atoms with E-state index in [1.807, 2.05) is 0 Å². The van der Waals surface area contributed by atoms with Gasteiger partial charge in [-0.15, -0.1) is 0 Å². The van der Waals surface area contributed by atoms with Crippen LogP contribution in [0, 0.1) is 0 Å². The van der Waals surface area contributed by atoms with Crippen LogP contribution >= 0.6 is 0 Å². The van der Waals surface area contributed by atoms with Crippen molar-refractivity contribution in [2.75, 3.05) is 46.1 Å². The first-order valence-corrected chi connectivity index (χ1v) is 8.94. The summed E-state index contributed by atoms with van der Waals surface area (Å²) in [4.78, 5) is 2.59. The van der Waals surface area contributed by atoms with E-state index in [0.29, 0.717) is 12.1 Å². The molecule has 0 heterocycles. The summed E-state index contributed by atoms with van der Waals surface area (Å²) >= 11 is 0. The lowest BCUT2D eigenvalue weighted by Gasteiger charge is -2.38. The third kappa shape index (κ3) is 8.15. The van der Waals surface area contributed by atoms with Gasteiger partial charge in [0.1, 0.15) is 0 Å². The Morgan fingerprint density at radius 1 is 1.00 bits per heavy atom. The Balaban J connectivity index is 2.41. The van der Waals surface area contributed by atoms with Gasteiger partial charge in [0.15, 0.2) is 0 Å². The molecule has 21 heavy (non-hydrogen) atoms. The largest absolute Gasteiger partial charge is 0.380 e. The normalized spacial score (nSPS) is 22.9. The van der Waals surface area contributed by atoms with E-state index in [0.717, 1.165) is 46.1 Å². The highest BCUT2D eigenvalue weighted by molar-refractivity contribution is 4.84. The Hall–Kier alpha value is -0.160. The maximum Gasteiger partial charge on any atom is 0.0593 e. The predicted octanol–water partition coefficient (Wildman–Crippen LogP) is 2.67. The Bertz CT molecular complexity index is 229. The van der Waals surface area contributed by atoms with Crippen molar-refractivity contribution in [2.24, 2.45) is 0 Å². The number of hydrogen-bond acceptors (Lipinski definition) is 4. The highest BCUT2D eigenvalue weighted by Crippen LogP contribution is 2.23. The van der Waals surface area contributed by atoms with Gasteiger partial charge in [0, 0.05) is 38.4 Å². The van der Waals surface area contributed by atoms with Gasteiger partial charge in [-0.1, -0.05) is 13.3 Å². The quantitative estimate of drug-likeness (QED) is 0.562. The summed E-state index contributed by atoms with van der Waals surface area (Å²) in [5, 5.41) is 3.70. The zero-order valence-corrected chi connectivity index (χ0v) is 14.4. The highest BCUT2D eigenvalue weighted by atomic mass is 16.5. The van der Waals surface area contributed by atoms with Gasteiger partial charge in [-0.3, -0.25) is 4.90 Å². The lowest BCUT2D eigenvalue weighted by atomic mass is 9.89. The third-order valence-corrected chi connectivity index (χ3v) is 4.30. The predicted molar refractivity (Wildman–Crippen MR) is 88.9 cm³/mol. The van der Waals surface area contributed by atoms with Crippen LogP contribution in [0.15, 0.2) is 0 Å². The molecule has 0 radical (unpaired) electrons. The fraction of sp³-hybridized carbons (Fsp3) is 1.00. The molecule has 0 bridgehead atoms. The van der Waals surface area contributed by atoms with Gasteiger partial charge in [-0.2, -0.15) is 0 Å². The van der Waals surface area contributed by atoms with Gasteiger partial charge >= 0.3 is 0 Å². The molecule has 1 fully saturated rings. The summed E-state index contributed by atoms with van der Waals surface area (Å²) in [6, 6.07) is 1.39. The van der Waals surface area contributed by atoms with Crippen LogP contribution < -0.4 is 5.32 Å². The summed E-state index contributed by atoms with van der Waals surface area (Å²) in [6.45, 7) is 12.9. The number of hydrogen-bond donors (Lipinski definition) is 1. The SMILES string of the molecule is CCCNC1CCCC(N(CCOCC)CCOCC)C1. The summed E-state index contributed by atoms with van der Waals surface area (Å²) in [7, 11) is 0. The van der Waals surface area contributed by atoms with Gasteiger partial charge in [0.05, 0.1) is 13.2 Å². The van der Waals surface area contributed by atoms with Crippen LogP contribution in [-0.2, 0) is 9.47 Å². The van der Waals surface area contributed by atoms with Crippen molar-refractivity contribution in [1.29, 1.82) is 0 Å². The van der Waals surface area contributed by atoms with Crippen LogP contribution in [0.25, 0.3) is 0 Å². The first-order chi connectivity index (χ1) is 10.3. The molecule has 126 valence electrons. The number of nitrogens with zero attached hydrogens (tertiary/aromatic N) is 1. The van der Waals surface area contributed by atoms with Crippen molar-refractivity contribution >= 4 is 0 Å². The first-order valence-electron chi connectivity index (χ1n) is 8.94. The summed E-state index contributed by atoms with van der Waals surface area (Å²) in [6.07, 6.45) is 6.49. The van der Waals surface area contributed by atoms with Crippen molar-refractivity contribution < 1.29 is 9.47 Å². The van der Waals surface area contributed by atoms with Crippen molar-refractivity contribution in [2.45, 2.75) is 65.0 Å². The van der Waals surface area contributed by atoms with Gasteiger partial charge < -0.3 is 14.8 Å². The zero-order valence-electron chi connectivity index (χ0n) is 14.4. The number of nitrogens with one attached hydrogen (secondary N) is 1. The molecule has 0 aromatic rings. The van der Waals surface area contributed by atoms with E-state index in [1.54, 1.807) is 0 Å². The molecule has 0 aromatic carbocycles. The number of ether oxygens (including phenoxy) is 2. The van der Waals surface area contributed by atoms with Gasteiger partial charge in [0.2, 0.25) is 0 Å². The van der Waals surface area contributed by atoms with Crippen molar-refractivity contribution in [3.05, 3.63) is 0 Å². The van der Waals surface area contributed by atoms with Crippen molar-refractivity contribution in [3.63, 3.8) is 0 Å². The second-order valence-electron chi connectivity index (χ2n) is 5.90. The van der Waals surface area contributed by atoms with Crippen LogP contribution in [0.1, 0.15) is 52.9 Å². The maximum atomic E-state index is 5.55. The molecule has 4 heteroatoms. The fourth-order valence-electron chi connectivity index (χ4n) is 3.16. The Labute approximate surface area is 131 Å². The first kappa shape index (κ1) is 18.9. The molecule has 2 unspecified atom stereocenters. The van der Waals surface area contributed by atoms with Crippen LogP contribution in [0.3, 0.4) is 0 Å². The van der Waals surface area contributed by atoms with E-state index in [2.05, 4.69) is 31.0 Å². The molecule has 1 aliphatic carbocycles. The topological polar surface area (TPSA) is 33.7 Å². The van der Waals surface area contributed by atoms with Crippen molar-refractivity contribution in [3.8, 4) is 0 Å². The Morgan fingerprint density at radius 2 is 1.67 bits per heavy atom. The average Bonchev–Trinajstić information content (AvgIpc) is 2.52. The Kier molecular flexibility index (Phi) is 11.1. The third-order valence-electron chi connectivity index (χ3n) is 4.30. The van der Waals surface area contributed by atoms with E-state index in [4.69, 9.17) is 9.47 Å². The molecule has 0 saturated heterocycles. The van der Waals surface area contributed by atoms with E-state index >= 15 is 0 Å². The summed E-state index contributed by atoms with van der Waals surface area (Å²) < 4.78 is 11.1. The maximum absolute atomic E-state index is 5.55. The van der Waals surface area contributed by atoms with Gasteiger partial charge in [-0.25, -0.2) is 0 Å². The van der Waals surface area contributed by atoms with E-state index in [9.17, 15) is 0 Å². The summed E-state index contributed by atoms with van der Waals surface area (Å²) in [5.74, 6) is 0. The minimum absolute atomic E-state index is 0.689. The molecule has 0 amide bonds. The van der Waals surface area contributed by atoms with Crippen molar-refractivity contribution in [1.82, 2.24) is 10.2 Å². The van der Waals surface area contributed by atoms with Crippen LogP contribution in [0.2, 0.25) is 0 Å². The molecule has 0 aliphatic heterocycles. The zero-order chi connectivity index (χ0) is 15.3. The second kappa shape index (κ2) is 12.4. The standard InChI is InChI=1S/C17H36N2O2/c1-4-10-18-16-8-7-9-17(15-16)19(11-13-20-5-2)12-14-21-6-3/h16-18H,4-15H2,1-3H3. The fourth-order valence-corrected chi connectivity index (χ4v) is 3.16. The van der Waals surface area contributed by atoms with Crippen LogP contribution in [0.4, 0.5) is 0 Å². The van der Waals surface area contributed by atoms with E-state index in [1.165, 1.54) is 32.1 Å². The van der Waals surface area contributed by atoms with Gasteiger partial charge in [-0.05, 0) is 46.1 Å². The highest BCUT2D eigenvalue weighted by Gasteiger charge is 2.26. The lowest BCUT2D eigenvalue weighted by Crippen LogP contribution is -2.46. The van der Waals surface area contributed by atoms with Crippen LogP contribution in [0.5, 0.6) is 0 Å². The molecule has 1 saturated carbocycles. The number of rotatable bonds is 12. The molecular formula is C17H36N2O2. The molecule has 1 rings (SSSR count). The minimum Gasteiger partial charge on any atom is -0.380 e. The molecule has 0 aromatic heterocycles. The lowest BCUT2D eigenvalue weighted by molar-refractivity contribution is 0.0488. The Morgan fingerprint density at radius 3 is 2.24 bits per heavy atom. The summed E-state index contributed by atoms with van der Waals surface area (Å²) in [5.41, 5.74) is 0. The van der Waals surface area contributed by atoms with E-state index < -0.39 is 0 Å². The molecule has 4 nitrogen and oxygen atoms in total. The molecule has 1 aliphatic rings. The van der Waals surface area contributed by atoms with Crippen LogP contribution in [-0.4, -0.2) is 63.0 Å². The van der Waals surface area contributed by atoms with Gasteiger partial charge in [0.25, 0.3) is 0 Å². The van der Waals surface area contributed by atoms with E-state index in [-0.39, 0.29) is 0 Å². The molecule has 1 N–H and O–H groups in total. The minimum atomic E-state index is 0.689. The molecule has 0 spiro atoms.